The smallest absolute Gasteiger partial charge is 0.328 e. The number of hydrogen-bond acceptors (Lipinski definition) is 3. The minimum Gasteiger partial charge on any atom is -0.478 e. The van der Waals surface area contributed by atoms with Crippen LogP contribution < -0.4 is 0 Å². The summed E-state index contributed by atoms with van der Waals surface area (Å²) in [6, 6.07) is 0. The molecule has 2 rings (SSSR count). The molecular formula is C11H14N2O3. The molecule has 0 aromatic carbocycles. The van der Waals surface area contributed by atoms with Crippen LogP contribution >= 0.6 is 0 Å². The van der Waals surface area contributed by atoms with Gasteiger partial charge in [-0.15, -0.1) is 0 Å². The van der Waals surface area contributed by atoms with Gasteiger partial charge in [-0.05, 0) is 25.3 Å². The molecule has 86 valence electrons. The molecule has 5 nitrogen and oxygen atoms in total. The summed E-state index contributed by atoms with van der Waals surface area (Å²) in [5.41, 5.74) is 0.775. The molecule has 1 aliphatic heterocycles. The zero-order valence-electron chi connectivity index (χ0n) is 8.87. The molecule has 5 heteroatoms. The van der Waals surface area contributed by atoms with E-state index in [4.69, 9.17) is 9.84 Å². The molecule has 0 aliphatic carbocycles. The van der Waals surface area contributed by atoms with Crippen LogP contribution in [0.3, 0.4) is 0 Å². The fourth-order valence-electron chi connectivity index (χ4n) is 1.70. The van der Waals surface area contributed by atoms with Gasteiger partial charge in [-0.1, -0.05) is 0 Å². The van der Waals surface area contributed by atoms with E-state index in [9.17, 15) is 4.79 Å². The third-order valence-electron chi connectivity index (χ3n) is 2.49. The largest absolute Gasteiger partial charge is 0.478 e. The van der Waals surface area contributed by atoms with Gasteiger partial charge in [0, 0.05) is 24.4 Å². The van der Waals surface area contributed by atoms with Crippen molar-refractivity contribution >= 4 is 12.0 Å². The lowest BCUT2D eigenvalue weighted by atomic mass is 10.2. The highest BCUT2D eigenvalue weighted by Gasteiger charge is 2.15. The Morgan fingerprint density at radius 1 is 1.62 bits per heavy atom. The molecule has 1 aliphatic rings. The maximum Gasteiger partial charge on any atom is 0.328 e. The molecule has 0 amide bonds. The normalized spacial score (nSPS) is 21.4. The first-order valence-electron chi connectivity index (χ1n) is 5.32. The van der Waals surface area contributed by atoms with Gasteiger partial charge in [-0.25, -0.2) is 9.48 Å². The van der Waals surface area contributed by atoms with Gasteiger partial charge in [0.25, 0.3) is 0 Å². The summed E-state index contributed by atoms with van der Waals surface area (Å²) in [7, 11) is 0. The van der Waals surface area contributed by atoms with E-state index in [2.05, 4.69) is 5.10 Å². The maximum absolute atomic E-state index is 10.3. The van der Waals surface area contributed by atoms with E-state index in [0.29, 0.717) is 0 Å². The van der Waals surface area contributed by atoms with Crippen LogP contribution in [-0.4, -0.2) is 27.5 Å². The lowest BCUT2D eigenvalue weighted by molar-refractivity contribution is -0.131. The van der Waals surface area contributed by atoms with Crippen molar-refractivity contribution in [1.82, 2.24) is 9.78 Å². The average molecular weight is 222 g/mol. The van der Waals surface area contributed by atoms with Crippen LogP contribution in [0.15, 0.2) is 18.5 Å². The molecule has 2 heterocycles. The van der Waals surface area contributed by atoms with E-state index in [1.807, 2.05) is 0 Å². The van der Waals surface area contributed by atoms with E-state index in [0.717, 1.165) is 37.5 Å². The quantitative estimate of drug-likeness (QED) is 0.790. The molecule has 1 N–H and O–H groups in total. The second-order valence-electron chi connectivity index (χ2n) is 3.75. The van der Waals surface area contributed by atoms with Gasteiger partial charge in [0.15, 0.2) is 0 Å². The molecule has 1 aromatic heterocycles. The third-order valence-corrected chi connectivity index (χ3v) is 2.49. The molecule has 1 unspecified atom stereocenters. The lowest BCUT2D eigenvalue weighted by Crippen LogP contribution is -2.18. The van der Waals surface area contributed by atoms with Crippen LogP contribution in [0.25, 0.3) is 6.08 Å². The second kappa shape index (κ2) is 4.94. The number of carbonyl (C=O) groups is 1. The molecule has 1 fully saturated rings. The van der Waals surface area contributed by atoms with E-state index in [-0.39, 0.29) is 6.23 Å². The Hall–Kier alpha value is -1.62. The zero-order chi connectivity index (χ0) is 11.4. The molecule has 0 saturated carbocycles. The van der Waals surface area contributed by atoms with Gasteiger partial charge in [0.05, 0.1) is 6.20 Å². The number of aliphatic carboxylic acids is 1. The average Bonchev–Trinajstić information content (AvgIpc) is 2.76. The highest BCUT2D eigenvalue weighted by molar-refractivity contribution is 5.85. The fraction of sp³-hybridized carbons (Fsp3) is 0.455. The first-order valence-corrected chi connectivity index (χ1v) is 5.32. The second-order valence-corrected chi connectivity index (χ2v) is 3.75. The van der Waals surface area contributed by atoms with Gasteiger partial charge in [-0.3, -0.25) is 0 Å². The van der Waals surface area contributed by atoms with Gasteiger partial charge in [0.1, 0.15) is 6.23 Å². The van der Waals surface area contributed by atoms with Crippen molar-refractivity contribution in [3.8, 4) is 0 Å². The number of nitrogens with zero attached hydrogens (tertiary/aromatic N) is 2. The minimum atomic E-state index is -0.957. The van der Waals surface area contributed by atoms with E-state index < -0.39 is 5.97 Å². The maximum atomic E-state index is 10.3. The van der Waals surface area contributed by atoms with Crippen LogP contribution in [0.5, 0.6) is 0 Å². The monoisotopic (exact) mass is 222 g/mol. The number of carboxylic acids is 1. The Bertz CT molecular complexity index is 392. The highest BCUT2D eigenvalue weighted by Crippen LogP contribution is 2.21. The molecule has 0 radical (unpaired) electrons. The molecule has 16 heavy (non-hydrogen) atoms. The van der Waals surface area contributed by atoms with Crippen molar-refractivity contribution in [2.75, 3.05) is 6.61 Å². The van der Waals surface area contributed by atoms with Crippen LogP contribution in [-0.2, 0) is 9.53 Å². The number of hydrogen-bond donors (Lipinski definition) is 1. The predicted molar refractivity (Wildman–Crippen MR) is 57.7 cm³/mol. The van der Waals surface area contributed by atoms with Crippen molar-refractivity contribution in [2.24, 2.45) is 0 Å². The van der Waals surface area contributed by atoms with Gasteiger partial charge in [-0.2, -0.15) is 5.10 Å². The van der Waals surface area contributed by atoms with Crippen molar-refractivity contribution in [3.63, 3.8) is 0 Å². The summed E-state index contributed by atoms with van der Waals surface area (Å²) in [5, 5.41) is 12.7. The molecule has 0 spiro atoms. The number of rotatable bonds is 3. The van der Waals surface area contributed by atoms with E-state index in [1.54, 1.807) is 17.1 Å². The molecule has 1 saturated heterocycles. The van der Waals surface area contributed by atoms with Gasteiger partial charge in [0.2, 0.25) is 0 Å². The topological polar surface area (TPSA) is 64.3 Å². The Morgan fingerprint density at radius 2 is 2.50 bits per heavy atom. The summed E-state index contributed by atoms with van der Waals surface area (Å²) in [6.45, 7) is 0.769. The van der Waals surface area contributed by atoms with E-state index >= 15 is 0 Å². The van der Waals surface area contributed by atoms with Crippen LogP contribution in [0.2, 0.25) is 0 Å². The minimum absolute atomic E-state index is 0.000674. The lowest BCUT2D eigenvalue weighted by Gasteiger charge is -2.22. The van der Waals surface area contributed by atoms with Gasteiger partial charge < -0.3 is 9.84 Å². The number of ether oxygens (including phenoxy) is 1. The van der Waals surface area contributed by atoms with Crippen molar-refractivity contribution < 1.29 is 14.6 Å². The molecule has 1 atom stereocenters. The number of aromatic nitrogens is 2. The van der Waals surface area contributed by atoms with Gasteiger partial charge >= 0.3 is 5.97 Å². The summed E-state index contributed by atoms with van der Waals surface area (Å²) < 4.78 is 7.31. The fourth-order valence-corrected chi connectivity index (χ4v) is 1.70. The molecule has 0 bridgehead atoms. The SMILES string of the molecule is O=C(O)/C=C/c1cnn(C2CCCCO2)c1. The van der Waals surface area contributed by atoms with Crippen LogP contribution in [0, 0.1) is 0 Å². The summed E-state index contributed by atoms with van der Waals surface area (Å²) in [6.07, 6.45) is 9.27. The van der Waals surface area contributed by atoms with E-state index in [1.165, 1.54) is 6.08 Å². The zero-order valence-corrected chi connectivity index (χ0v) is 8.87. The van der Waals surface area contributed by atoms with Crippen LogP contribution in [0.4, 0.5) is 0 Å². The van der Waals surface area contributed by atoms with Crippen molar-refractivity contribution in [2.45, 2.75) is 25.5 Å². The summed E-state index contributed by atoms with van der Waals surface area (Å²) in [5.74, 6) is -0.957. The van der Waals surface area contributed by atoms with Crippen LogP contribution in [0.1, 0.15) is 31.1 Å². The predicted octanol–water partition coefficient (Wildman–Crippen LogP) is 1.68. The summed E-state index contributed by atoms with van der Waals surface area (Å²) >= 11 is 0. The standard InChI is InChI=1S/C11H14N2O3/c14-11(15)5-4-9-7-12-13(8-9)10-3-1-2-6-16-10/h4-5,7-8,10H,1-3,6H2,(H,14,15)/b5-4+. The number of carboxylic acid groups (broad SMARTS) is 1. The molecular weight excluding hydrogens is 208 g/mol. The Balaban J connectivity index is 2.03. The first kappa shape index (κ1) is 10.9. The van der Waals surface area contributed by atoms with Crippen molar-refractivity contribution in [1.29, 1.82) is 0 Å². The third kappa shape index (κ3) is 2.70. The Labute approximate surface area is 93.3 Å². The Kier molecular flexibility index (Phi) is 3.36. The Morgan fingerprint density at radius 3 is 3.19 bits per heavy atom. The summed E-state index contributed by atoms with van der Waals surface area (Å²) in [4.78, 5) is 10.3. The van der Waals surface area contributed by atoms with Crippen molar-refractivity contribution in [3.05, 3.63) is 24.0 Å². The molecule has 1 aromatic rings. The highest BCUT2D eigenvalue weighted by atomic mass is 16.5. The first-order chi connectivity index (χ1) is 7.75.